The van der Waals surface area contributed by atoms with Gasteiger partial charge in [0.1, 0.15) is 0 Å². The van der Waals surface area contributed by atoms with Crippen molar-refractivity contribution in [3.63, 3.8) is 0 Å². The Hall–Kier alpha value is -0.140. The lowest BCUT2D eigenvalue weighted by Gasteiger charge is -2.06. The molecule has 0 unspecified atom stereocenters. The smallest absolute Gasteiger partial charge is 0.252 e. The molecule has 2 N–H and O–H groups in total. The largest absolute Gasteiger partial charge is 0.351 e. The molecule has 0 aliphatic carbocycles. The van der Waals surface area contributed by atoms with Crippen molar-refractivity contribution in [3.05, 3.63) is 31.8 Å². The fourth-order valence-corrected chi connectivity index (χ4v) is 1.99. The summed E-state index contributed by atoms with van der Waals surface area (Å²) in [5, 5.41) is 5.81. The molecule has 5 heteroatoms. The number of nitrogens with one attached hydrogen (secondary N) is 2. The van der Waals surface area contributed by atoms with Crippen molar-refractivity contribution in [3.8, 4) is 0 Å². The number of rotatable bonds is 4. The Labute approximate surface area is 111 Å². The first-order valence-electron chi connectivity index (χ1n) is 4.53. The fraction of sp³-hybridized carbons (Fsp3) is 0.300. The van der Waals surface area contributed by atoms with Crippen LogP contribution in [0.25, 0.3) is 0 Å². The van der Waals surface area contributed by atoms with E-state index in [1.54, 1.807) is 0 Å². The maximum Gasteiger partial charge on any atom is 0.252 e. The van der Waals surface area contributed by atoms with Crippen LogP contribution in [0.4, 0.5) is 0 Å². The molecule has 0 fully saturated rings. The van der Waals surface area contributed by atoms with Gasteiger partial charge in [0.15, 0.2) is 0 Å². The zero-order valence-electron chi connectivity index (χ0n) is 8.31. The van der Waals surface area contributed by atoms with Gasteiger partial charge < -0.3 is 10.6 Å². The van der Waals surface area contributed by atoms with Crippen LogP contribution in [0, 0.1) is 3.57 Å². The number of hydrogen-bond acceptors (Lipinski definition) is 2. The number of carbonyl (C=O) groups is 1. The van der Waals surface area contributed by atoms with Crippen LogP contribution in [-0.4, -0.2) is 26.0 Å². The molecule has 15 heavy (non-hydrogen) atoms. The number of likely N-dealkylation sites (N-methyl/N-ethyl adjacent to an activating group) is 1. The summed E-state index contributed by atoms with van der Waals surface area (Å²) in [6.07, 6.45) is 0. The van der Waals surface area contributed by atoms with Gasteiger partial charge in [-0.2, -0.15) is 0 Å². The first-order chi connectivity index (χ1) is 7.15. The van der Waals surface area contributed by atoms with Crippen molar-refractivity contribution in [2.45, 2.75) is 0 Å². The summed E-state index contributed by atoms with van der Waals surface area (Å²) in [6, 6.07) is 5.70. The van der Waals surface area contributed by atoms with Crippen LogP contribution in [0.5, 0.6) is 0 Å². The summed E-state index contributed by atoms with van der Waals surface area (Å²) in [5.74, 6) is -0.0457. The molecule has 1 aromatic carbocycles. The normalized spacial score (nSPS) is 10.1. The predicted molar refractivity (Wildman–Crippen MR) is 73.1 cm³/mol. The highest BCUT2D eigenvalue weighted by Crippen LogP contribution is 2.19. The molecule has 0 saturated carbocycles. The second-order valence-electron chi connectivity index (χ2n) is 2.98. The summed E-state index contributed by atoms with van der Waals surface area (Å²) < 4.78 is 1.87. The van der Waals surface area contributed by atoms with Gasteiger partial charge >= 0.3 is 0 Å². The molecule has 0 aromatic heterocycles. The quantitative estimate of drug-likeness (QED) is 0.617. The molecule has 0 bridgehead atoms. The van der Waals surface area contributed by atoms with E-state index in [0.717, 1.165) is 14.6 Å². The second-order valence-corrected chi connectivity index (χ2v) is 5.08. The van der Waals surface area contributed by atoms with Crippen molar-refractivity contribution < 1.29 is 4.79 Å². The van der Waals surface area contributed by atoms with E-state index in [0.29, 0.717) is 12.1 Å². The maximum atomic E-state index is 11.7. The Morgan fingerprint density at radius 2 is 2.20 bits per heavy atom. The summed E-state index contributed by atoms with van der Waals surface area (Å²) in [4.78, 5) is 11.7. The van der Waals surface area contributed by atoms with Crippen LogP contribution in [0.15, 0.2) is 22.7 Å². The van der Waals surface area contributed by atoms with Gasteiger partial charge in [0.25, 0.3) is 5.91 Å². The third-order valence-electron chi connectivity index (χ3n) is 1.83. The van der Waals surface area contributed by atoms with Gasteiger partial charge in [0, 0.05) is 21.1 Å². The molecule has 1 rings (SSSR count). The van der Waals surface area contributed by atoms with Gasteiger partial charge in [-0.25, -0.2) is 0 Å². The molecule has 0 heterocycles. The van der Waals surface area contributed by atoms with E-state index in [-0.39, 0.29) is 5.91 Å². The number of amides is 1. The minimum Gasteiger partial charge on any atom is -0.351 e. The highest BCUT2D eigenvalue weighted by Gasteiger charge is 2.09. The fourth-order valence-electron chi connectivity index (χ4n) is 1.07. The van der Waals surface area contributed by atoms with Gasteiger partial charge in [-0.05, 0) is 63.8 Å². The Morgan fingerprint density at radius 3 is 2.87 bits per heavy atom. The van der Waals surface area contributed by atoms with Crippen LogP contribution >= 0.6 is 38.5 Å². The lowest BCUT2D eigenvalue weighted by Crippen LogP contribution is -2.30. The standard InChI is InChI=1S/C10H12BrIN2O/c1-13-4-5-14-10(15)8-6-7(12)2-3-9(8)11/h2-3,6,13H,4-5H2,1H3,(H,14,15). The molecule has 0 aliphatic heterocycles. The van der Waals surface area contributed by atoms with Crippen molar-refractivity contribution in [1.82, 2.24) is 10.6 Å². The number of hydrogen-bond donors (Lipinski definition) is 2. The molecule has 0 atom stereocenters. The van der Waals surface area contributed by atoms with Gasteiger partial charge in [-0.3, -0.25) is 4.79 Å². The summed E-state index contributed by atoms with van der Waals surface area (Å²) in [5.41, 5.74) is 0.679. The Kier molecular flexibility index (Phi) is 5.55. The Balaban J connectivity index is 2.68. The van der Waals surface area contributed by atoms with Crippen molar-refractivity contribution in [2.24, 2.45) is 0 Å². The Bertz CT molecular complexity index is 357. The van der Waals surface area contributed by atoms with E-state index in [1.165, 1.54) is 0 Å². The SMILES string of the molecule is CNCCNC(=O)c1cc(I)ccc1Br. The van der Waals surface area contributed by atoms with E-state index in [1.807, 2.05) is 25.2 Å². The predicted octanol–water partition coefficient (Wildman–Crippen LogP) is 2.00. The highest BCUT2D eigenvalue weighted by atomic mass is 127. The zero-order valence-corrected chi connectivity index (χ0v) is 12.1. The highest BCUT2D eigenvalue weighted by molar-refractivity contribution is 14.1. The minimum atomic E-state index is -0.0457. The van der Waals surface area contributed by atoms with Crippen LogP contribution in [-0.2, 0) is 0 Å². The maximum absolute atomic E-state index is 11.7. The summed E-state index contributed by atoms with van der Waals surface area (Å²) in [7, 11) is 1.85. The van der Waals surface area contributed by atoms with Crippen LogP contribution in [0.2, 0.25) is 0 Å². The van der Waals surface area contributed by atoms with Gasteiger partial charge in [-0.1, -0.05) is 0 Å². The average Bonchev–Trinajstić information content (AvgIpc) is 2.22. The van der Waals surface area contributed by atoms with Gasteiger partial charge in [-0.15, -0.1) is 0 Å². The van der Waals surface area contributed by atoms with E-state index in [9.17, 15) is 4.79 Å². The topological polar surface area (TPSA) is 41.1 Å². The molecule has 0 radical (unpaired) electrons. The third-order valence-corrected chi connectivity index (χ3v) is 3.20. The molecular formula is C10H12BrIN2O. The minimum absolute atomic E-state index is 0.0457. The lowest BCUT2D eigenvalue weighted by atomic mass is 10.2. The molecular weight excluding hydrogens is 371 g/mol. The molecule has 0 aliphatic rings. The lowest BCUT2D eigenvalue weighted by molar-refractivity contribution is 0.0953. The van der Waals surface area contributed by atoms with Crippen LogP contribution in [0.1, 0.15) is 10.4 Å². The molecule has 0 spiro atoms. The van der Waals surface area contributed by atoms with Crippen molar-refractivity contribution in [1.29, 1.82) is 0 Å². The second kappa shape index (κ2) is 6.44. The molecule has 1 amide bonds. The summed E-state index contributed by atoms with van der Waals surface area (Å²) >= 11 is 5.55. The van der Waals surface area contributed by atoms with E-state index >= 15 is 0 Å². The average molecular weight is 383 g/mol. The Morgan fingerprint density at radius 1 is 1.47 bits per heavy atom. The molecule has 1 aromatic rings. The zero-order chi connectivity index (χ0) is 11.3. The first-order valence-corrected chi connectivity index (χ1v) is 6.40. The molecule has 3 nitrogen and oxygen atoms in total. The van der Waals surface area contributed by atoms with Crippen LogP contribution in [0.3, 0.4) is 0 Å². The number of carbonyl (C=O) groups excluding carboxylic acids is 1. The molecule has 82 valence electrons. The van der Waals surface area contributed by atoms with Gasteiger partial charge in [0.2, 0.25) is 0 Å². The van der Waals surface area contributed by atoms with Crippen molar-refractivity contribution in [2.75, 3.05) is 20.1 Å². The van der Waals surface area contributed by atoms with E-state index in [2.05, 4.69) is 49.2 Å². The monoisotopic (exact) mass is 382 g/mol. The summed E-state index contributed by atoms with van der Waals surface area (Å²) in [6.45, 7) is 1.40. The van der Waals surface area contributed by atoms with Gasteiger partial charge in [0.05, 0.1) is 5.56 Å². The number of benzene rings is 1. The van der Waals surface area contributed by atoms with Crippen LogP contribution < -0.4 is 10.6 Å². The van der Waals surface area contributed by atoms with Crippen molar-refractivity contribution >= 4 is 44.4 Å². The first kappa shape index (κ1) is 12.9. The molecule has 0 saturated heterocycles. The number of halogens is 2. The van der Waals surface area contributed by atoms with E-state index < -0.39 is 0 Å². The third kappa shape index (κ3) is 4.08. The van der Waals surface area contributed by atoms with E-state index in [4.69, 9.17) is 0 Å².